The molecule has 5 nitrogen and oxygen atoms in total. The minimum absolute atomic E-state index is 0.277. The first-order valence-corrected chi connectivity index (χ1v) is 6.77. The molecule has 0 unspecified atom stereocenters. The second-order valence-electron chi connectivity index (χ2n) is 5.06. The molecule has 0 saturated carbocycles. The van der Waals surface area contributed by atoms with E-state index in [1.165, 1.54) is 4.90 Å². The number of carboxylic acids is 1. The zero-order valence-corrected chi connectivity index (χ0v) is 12.0. The lowest BCUT2D eigenvalue weighted by molar-refractivity contribution is -0.141. The minimum atomic E-state index is -1.03. The number of hydrogen-bond donors (Lipinski definition) is 1. The van der Waals surface area contributed by atoms with Crippen molar-refractivity contribution >= 4 is 17.6 Å². The zero-order valence-electron chi connectivity index (χ0n) is 12.0. The van der Waals surface area contributed by atoms with Crippen molar-refractivity contribution in [2.24, 2.45) is 0 Å². The number of rotatable bonds is 4. The molecule has 1 aliphatic heterocycles. The van der Waals surface area contributed by atoms with Crippen molar-refractivity contribution in [2.75, 3.05) is 11.4 Å². The number of anilines is 1. The average Bonchev–Trinajstić information content (AvgIpc) is 2.41. The van der Waals surface area contributed by atoms with Gasteiger partial charge in [-0.1, -0.05) is 19.9 Å². The Morgan fingerprint density at radius 3 is 2.55 bits per heavy atom. The molecule has 0 fully saturated rings. The molecular formula is C15H19NO4. The number of amides is 1. The minimum Gasteiger partial charge on any atom is -0.480 e. The Kier molecular flexibility index (Phi) is 3.70. The molecule has 5 heteroatoms. The van der Waals surface area contributed by atoms with Gasteiger partial charge in [0.2, 0.25) is 0 Å². The first-order valence-electron chi connectivity index (χ1n) is 6.77. The third kappa shape index (κ3) is 2.24. The molecule has 0 atom stereocenters. The number of nitrogens with zero attached hydrogens (tertiary/aromatic N) is 1. The summed E-state index contributed by atoms with van der Waals surface area (Å²) < 4.78 is 5.94. The molecule has 0 aliphatic carbocycles. The van der Waals surface area contributed by atoms with Gasteiger partial charge in [-0.2, -0.15) is 0 Å². The number of hydrogen-bond acceptors (Lipinski definition) is 3. The van der Waals surface area contributed by atoms with E-state index in [9.17, 15) is 9.59 Å². The first-order chi connectivity index (χ1) is 9.43. The van der Waals surface area contributed by atoms with E-state index >= 15 is 0 Å². The molecule has 1 aromatic rings. The third-order valence-electron chi connectivity index (χ3n) is 3.78. The van der Waals surface area contributed by atoms with Gasteiger partial charge in [0.05, 0.1) is 5.69 Å². The number of carboxylic acid groups (broad SMARTS) is 1. The summed E-state index contributed by atoms with van der Waals surface area (Å²) in [5.74, 6) is -0.733. The molecule has 0 bridgehead atoms. The van der Waals surface area contributed by atoms with Crippen LogP contribution in [0.25, 0.3) is 0 Å². The SMILES string of the molecule is CCC1(CC)Oc2cc(C)ccc2N(CC(=O)O)C1=O. The Balaban J connectivity index is 2.55. The number of fused-ring (bicyclic) bond motifs is 1. The summed E-state index contributed by atoms with van der Waals surface area (Å²) in [7, 11) is 0. The second kappa shape index (κ2) is 5.15. The predicted octanol–water partition coefficient (Wildman–Crippen LogP) is 2.36. The van der Waals surface area contributed by atoms with Crippen molar-refractivity contribution < 1.29 is 19.4 Å². The van der Waals surface area contributed by atoms with Crippen LogP contribution in [0, 0.1) is 6.92 Å². The van der Waals surface area contributed by atoms with Crippen molar-refractivity contribution in [2.45, 2.75) is 39.2 Å². The molecule has 2 rings (SSSR count). The van der Waals surface area contributed by atoms with Gasteiger partial charge < -0.3 is 9.84 Å². The van der Waals surface area contributed by atoms with Crippen molar-refractivity contribution in [1.82, 2.24) is 0 Å². The van der Waals surface area contributed by atoms with E-state index in [0.29, 0.717) is 24.3 Å². The lowest BCUT2D eigenvalue weighted by atomic mass is 9.92. The highest BCUT2D eigenvalue weighted by molar-refractivity contribution is 6.05. The van der Waals surface area contributed by atoms with Crippen molar-refractivity contribution in [3.8, 4) is 5.75 Å². The van der Waals surface area contributed by atoms with Crippen molar-refractivity contribution in [3.63, 3.8) is 0 Å². The van der Waals surface area contributed by atoms with Crippen LogP contribution in [0.15, 0.2) is 18.2 Å². The lowest BCUT2D eigenvalue weighted by Crippen LogP contribution is -2.56. The molecule has 1 aromatic carbocycles. The van der Waals surface area contributed by atoms with Crippen LogP contribution in [0.4, 0.5) is 5.69 Å². The largest absolute Gasteiger partial charge is 0.480 e. The van der Waals surface area contributed by atoms with Crippen molar-refractivity contribution in [1.29, 1.82) is 0 Å². The van der Waals surface area contributed by atoms with Crippen LogP contribution in [0.5, 0.6) is 5.75 Å². The van der Waals surface area contributed by atoms with E-state index < -0.39 is 11.6 Å². The van der Waals surface area contributed by atoms with E-state index in [1.807, 2.05) is 32.9 Å². The third-order valence-corrected chi connectivity index (χ3v) is 3.78. The Hall–Kier alpha value is -2.04. The molecule has 1 aliphatic rings. The quantitative estimate of drug-likeness (QED) is 0.917. The van der Waals surface area contributed by atoms with Gasteiger partial charge in [0.15, 0.2) is 5.60 Å². The summed E-state index contributed by atoms with van der Waals surface area (Å²) in [5.41, 5.74) is 0.575. The first kappa shape index (κ1) is 14.4. The van der Waals surface area contributed by atoms with Gasteiger partial charge in [0, 0.05) is 0 Å². The van der Waals surface area contributed by atoms with Crippen LogP contribution < -0.4 is 9.64 Å². The Bertz CT molecular complexity index is 549. The summed E-state index contributed by atoms with van der Waals surface area (Å²) in [6.45, 7) is 5.34. The van der Waals surface area contributed by atoms with Crippen LogP contribution in [0.1, 0.15) is 32.3 Å². The fraction of sp³-hybridized carbons (Fsp3) is 0.467. The molecule has 1 N–H and O–H groups in total. The van der Waals surface area contributed by atoms with Crippen LogP contribution in [-0.2, 0) is 9.59 Å². The van der Waals surface area contributed by atoms with Crippen LogP contribution >= 0.6 is 0 Å². The number of carbonyl (C=O) groups is 2. The molecule has 0 aromatic heterocycles. The van der Waals surface area contributed by atoms with Crippen LogP contribution in [0.2, 0.25) is 0 Å². The van der Waals surface area contributed by atoms with Crippen LogP contribution in [0.3, 0.4) is 0 Å². The lowest BCUT2D eigenvalue weighted by Gasteiger charge is -2.41. The van der Waals surface area contributed by atoms with Gasteiger partial charge in [-0.25, -0.2) is 0 Å². The molecule has 108 valence electrons. The maximum atomic E-state index is 12.6. The van der Waals surface area contributed by atoms with E-state index in [2.05, 4.69) is 0 Å². The van der Waals surface area contributed by atoms with E-state index in [4.69, 9.17) is 9.84 Å². The smallest absolute Gasteiger partial charge is 0.323 e. The Morgan fingerprint density at radius 1 is 1.35 bits per heavy atom. The summed E-state index contributed by atoms with van der Waals surface area (Å²) in [6, 6.07) is 5.42. The standard InChI is InChI=1S/C15H19NO4/c1-4-15(5-2)14(19)16(9-13(17)18)11-7-6-10(3)8-12(11)20-15/h6-8H,4-5,9H2,1-3H3,(H,17,18). The molecule has 0 spiro atoms. The topological polar surface area (TPSA) is 66.8 Å². The highest BCUT2D eigenvalue weighted by Gasteiger charge is 2.46. The van der Waals surface area contributed by atoms with Crippen LogP contribution in [-0.4, -0.2) is 29.1 Å². The molecule has 0 saturated heterocycles. The molecule has 1 amide bonds. The Morgan fingerprint density at radius 2 is 2.00 bits per heavy atom. The summed E-state index contributed by atoms with van der Waals surface area (Å²) in [4.78, 5) is 25.0. The number of carbonyl (C=O) groups excluding carboxylic acids is 1. The summed E-state index contributed by atoms with van der Waals surface area (Å²) in [5, 5.41) is 9.04. The Labute approximate surface area is 118 Å². The van der Waals surface area contributed by atoms with Gasteiger partial charge in [0.1, 0.15) is 12.3 Å². The fourth-order valence-electron chi connectivity index (χ4n) is 2.52. The number of aryl methyl sites for hydroxylation is 1. The summed E-state index contributed by atoms with van der Waals surface area (Å²) in [6.07, 6.45) is 1.01. The number of ether oxygens (including phenoxy) is 1. The van der Waals surface area contributed by atoms with Gasteiger partial charge in [0.25, 0.3) is 5.91 Å². The van der Waals surface area contributed by atoms with E-state index in [-0.39, 0.29) is 12.5 Å². The van der Waals surface area contributed by atoms with Gasteiger partial charge in [-0.3, -0.25) is 14.5 Å². The molecule has 0 radical (unpaired) electrons. The second-order valence-corrected chi connectivity index (χ2v) is 5.06. The van der Waals surface area contributed by atoms with Gasteiger partial charge in [-0.05, 0) is 37.5 Å². The normalized spacial score (nSPS) is 16.6. The zero-order chi connectivity index (χ0) is 14.9. The van der Waals surface area contributed by atoms with Gasteiger partial charge in [-0.15, -0.1) is 0 Å². The van der Waals surface area contributed by atoms with Crippen molar-refractivity contribution in [3.05, 3.63) is 23.8 Å². The number of aliphatic carboxylic acids is 1. The predicted molar refractivity (Wildman–Crippen MR) is 75.1 cm³/mol. The number of benzene rings is 1. The highest BCUT2D eigenvalue weighted by Crippen LogP contribution is 2.40. The van der Waals surface area contributed by atoms with E-state index in [0.717, 1.165) is 5.56 Å². The average molecular weight is 277 g/mol. The molecular weight excluding hydrogens is 258 g/mol. The maximum Gasteiger partial charge on any atom is 0.323 e. The van der Waals surface area contributed by atoms with E-state index in [1.54, 1.807) is 6.07 Å². The molecule has 20 heavy (non-hydrogen) atoms. The maximum absolute atomic E-state index is 12.6. The summed E-state index contributed by atoms with van der Waals surface area (Å²) >= 11 is 0. The fourth-order valence-corrected chi connectivity index (χ4v) is 2.52. The monoisotopic (exact) mass is 277 g/mol. The highest BCUT2D eigenvalue weighted by atomic mass is 16.5. The van der Waals surface area contributed by atoms with Gasteiger partial charge >= 0.3 is 5.97 Å². The molecule has 1 heterocycles.